The third-order valence-electron chi connectivity index (χ3n) is 6.77. The number of ether oxygens (including phenoxy) is 1. The topological polar surface area (TPSA) is 131 Å². The van der Waals surface area contributed by atoms with E-state index in [1.54, 1.807) is 26.8 Å². The lowest BCUT2D eigenvalue weighted by atomic mass is 9.94. The van der Waals surface area contributed by atoms with Crippen LogP contribution >= 0.6 is 0 Å². The summed E-state index contributed by atoms with van der Waals surface area (Å²) in [5, 5.41) is 5.56. The Bertz CT molecular complexity index is 1250. The first kappa shape index (κ1) is 34.3. The molecule has 42 heavy (non-hydrogen) atoms. The number of benzene rings is 2. The number of carbonyl (C=O) groups excluding carboxylic acids is 4. The smallest absolute Gasteiger partial charge is 0.408 e. The molecule has 0 spiro atoms. The molecule has 3 atom stereocenters. The maximum absolute atomic E-state index is 14.4. The van der Waals surface area contributed by atoms with Crippen molar-refractivity contribution in [3.8, 4) is 0 Å². The van der Waals surface area contributed by atoms with Gasteiger partial charge in [0.05, 0.1) is 6.42 Å². The summed E-state index contributed by atoms with van der Waals surface area (Å²) in [7, 11) is 0. The molecule has 9 nitrogen and oxygen atoms in total. The maximum Gasteiger partial charge on any atom is 0.408 e. The van der Waals surface area contributed by atoms with Crippen LogP contribution in [-0.2, 0) is 19.1 Å². The van der Waals surface area contributed by atoms with Gasteiger partial charge in [0, 0.05) is 11.7 Å². The Hall–Kier alpha value is -3.88. The molecule has 0 fully saturated rings. The Morgan fingerprint density at radius 1 is 0.929 bits per heavy atom. The molecule has 0 aliphatic rings. The highest BCUT2D eigenvalue weighted by Gasteiger charge is 2.39. The largest absolute Gasteiger partial charge is 0.444 e. The Labute approximate surface area is 250 Å². The molecule has 0 saturated heterocycles. The molecule has 230 valence electrons. The normalized spacial score (nSPS) is 13.6. The van der Waals surface area contributed by atoms with Crippen molar-refractivity contribution in [2.75, 3.05) is 5.32 Å². The Balaban J connectivity index is 2.70. The zero-order valence-electron chi connectivity index (χ0n) is 26.5. The highest BCUT2D eigenvalue weighted by atomic mass is 16.6. The van der Waals surface area contributed by atoms with Crippen LogP contribution in [0.25, 0.3) is 0 Å². The number of hydrogen-bond donors (Lipinski definition) is 3. The van der Waals surface area contributed by atoms with Gasteiger partial charge < -0.3 is 26.0 Å². The third-order valence-corrected chi connectivity index (χ3v) is 6.77. The van der Waals surface area contributed by atoms with Crippen molar-refractivity contribution in [1.82, 2.24) is 10.2 Å². The summed E-state index contributed by atoms with van der Waals surface area (Å²) in [4.78, 5) is 55.0. The van der Waals surface area contributed by atoms with E-state index in [9.17, 15) is 19.2 Å². The van der Waals surface area contributed by atoms with Gasteiger partial charge in [0.2, 0.25) is 11.8 Å². The standard InChI is InChI=1S/C33H48N4O5/c1-20(2)14-15-24(6)37(31(40)27(19-28(34)38)36-32(41)42-33(7,8)9)29(25-17-21(3)16-22(4)18-25)30(39)35-26-13-11-10-12-23(26)5/h10-13,16-18,20,24,27,29H,14-15,19H2,1-9H3,(H2,34,38)(H,35,39)(H,36,41). The fraction of sp³-hybridized carbons (Fsp3) is 0.515. The zero-order chi connectivity index (χ0) is 31.8. The Morgan fingerprint density at radius 3 is 2.05 bits per heavy atom. The quantitative estimate of drug-likeness (QED) is 0.296. The number of nitrogens with zero attached hydrogens (tertiary/aromatic N) is 1. The minimum atomic E-state index is -1.33. The summed E-state index contributed by atoms with van der Waals surface area (Å²) in [6.07, 6.45) is 0.0797. The van der Waals surface area contributed by atoms with Crippen LogP contribution in [-0.4, -0.2) is 46.4 Å². The van der Waals surface area contributed by atoms with E-state index in [2.05, 4.69) is 24.5 Å². The average molecular weight is 581 g/mol. The highest BCUT2D eigenvalue weighted by molar-refractivity contribution is 6.00. The first-order valence-electron chi connectivity index (χ1n) is 14.5. The van der Waals surface area contributed by atoms with E-state index < -0.39 is 54.0 Å². The molecule has 0 aliphatic heterocycles. The molecular formula is C33H48N4O5. The van der Waals surface area contributed by atoms with Gasteiger partial charge in [0.1, 0.15) is 17.7 Å². The molecule has 2 rings (SSSR count). The fourth-order valence-electron chi connectivity index (χ4n) is 4.86. The van der Waals surface area contributed by atoms with E-state index in [0.717, 1.165) is 23.1 Å². The second-order valence-electron chi connectivity index (χ2n) is 12.6. The van der Waals surface area contributed by atoms with Gasteiger partial charge in [-0.25, -0.2) is 4.79 Å². The number of nitrogens with one attached hydrogen (secondary N) is 2. The summed E-state index contributed by atoms with van der Waals surface area (Å²) < 4.78 is 5.38. The molecule has 4 amide bonds. The Kier molecular flexibility index (Phi) is 12.1. The van der Waals surface area contributed by atoms with E-state index in [4.69, 9.17) is 10.5 Å². The predicted molar refractivity (Wildman–Crippen MR) is 166 cm³/mol. The molecule has 2 aromatic rings. The van der Waals surface area contributed by atoms with E-state index in [0.29, 0.717) is 23.6 Å². The highest BCUT2D eigenvalue weighted by Crippen LogP contribution is 2.30. The number of carbonyl (C=O) groups is 4. The number of aryl methyl sites for hydroxylation is 3. The van der Waals surface area contributed by atoms with E-state index in [1.165, 1.54) is 4.90 Å². The van der Waals surface area contributed by atoms with Crippen LogP contribution in [0.5, 0.6) is 0 Å². The van der Waals surface area contributed by atoms with Crippen molar-refractivity contribution >= 4 is 29.5 Å². The zero-order valence-corrected chi connectivity index (χ0v) is 26.5. The number of anilines is 1. The summed E-state index contributed by atoms with van der Waals surface area (Å²) in [5.41, 5.74) is 8.69. The first-order valence-corrected chi connectivity index (χ1v) is 14.5. The minimum Gasteiger partial charge on any atom is -0.444 e. The number of para-hydroxylation sites is 1. The van der Waals surface area contributed by atoms with Crippen molar-refractivity contribution in [3.63, 3.8) is 0 Å². The molecule has 0 heterocycles. The van der Waals surface area contributed by atoms with Crippen LogP contribution < -0.4 is 16.4 Å². The van der Waals surface area contributed by atoms with Crippen molar-refractivity contribution in [3.05, 3.63) is 64.7 Å². The molecule has 0 aromatic heterocycles. The van der Waals surface area contributed by atoms with Gasteiger partial charge in [-0.2, -0.15) is 0 Å². The molecule has 0 bridgehead atoms. The van der Waals surface area contributed by atoms with Crippen molar-refractivity contribution in [1.29, 1.82) is 0 Å². The van der Waals surface area contributed by atoms with Crippen LogP contribution in [0.2, 0.25) is 0 Å². The number of amides is 4. The van der Waals surface area contributed by atoms with E-state index in [-0.39, 0.29) is 0 Å². The average Bonchev–Trinajstić information content (AvgIpc) is 2.84. The number of rotatable bonds is 12. The maximum atomic E-state index is 14.4. The Morgan fingerprint density at radius 2 is 1.52 bits per heavy atom. The van der Waals surface area contributed by atoms with Gasteiger partial charge in [-0.3, -0.25) is 14.4 Å². The molecule has 0 saturated carbocycles. The van der Waals surface area contributed by atoms with E-state index >= 15 is 0 Å². The van der Waals surface area contributed by atoms with Gasteiger partial charge in [0.25, 0.3) is 5.91 Å². The fourth-order valence-corrected chi connectivity index (χ4v) is 4.86. The van der Waals surface area contributed by atoms with Crippen molar-refractivity contribution < 1.29 is 23.9 Å². The van der Waals surface area contributed by atoms with Gasteiger partial charge >= 0.3 is 6.09 Å². The molecule has 2 aromatic carbocycles. The van der Waals surface area contributed by atoms with Gasteiger partial charge in [0.15, 0.2) is 0 Å². The number of hydrogen-bond acceptors (Lipinski definition) is 5. The second kappa shape index (κ2) is 14.8. The second-order valence-corrected chi connectivity index (χ2v) is 12.6. The number of alkyl carbamates (subject to hydrolysis) is 1. The van der Waals surface area contributed by atoms with Crippen LogP contribution in [0.4, 0.5) is 10.5 Å². The lowest BCUT2D eigenvalue weighted by Crippen LogP contribution is -2.56. The van der Waals surface area contributed by atoms with Gasteiger partial charge in [-0.15, -0.1) is 0 Å². The molecular weight excluding hydrogens is 532 g/mol. The van der Waals surface area contributed by atoms with E-state index in [1.807, 2.05) is 64.1 Å². The molecule has 0 aliphatic carbocycles. The van der Waals surface area contributed by atoms with Gasteiger partial charge in [-0.05, 0) is 84.4 Å². The summed E-state index contributed by atoms with van der Waals surface area (Å²) >= 11 is 0. The summed E-state index contributed by atoms with van der Waals surface area (Å²) in [6, 6.07) is 10.3. The van der Waals surface area contributed by atoms with Gasteiger partial charge in [-0.1, -0.05) is 61.4 Å². The van der Waals surface area contributed by atoms with Crippen LogP contribution in [0, 0.1) is 26.7 Å². The molecule has 4 N–H and O–H groups in total. The van der Waals surface area contributed by atoms with Crippen molar-refractivity contribution in [2.45, 2.75) is 105 Å². The first-order chi connectivity index (χ1) is 19.5. The monoisotopic (exact) mass is 580 g/mol. The molecule has 9 heteroatoms. The van der Waals surface area contributed by atoms with Crippen LogP contribution in [0.1, 0.15) is 89.1 Å². The summed E-state index contributed by atoms with van der Waals surface area (Å²) in [5.74, 6) is -1.42. The number of nitrogens with two attached hydrogens (primary N) is 1. The van der Waals surface area contributed by atoms with Crippen LogP contribution in [0.3, 0.4) is 0 Å². The molecule has 0 radical (unpaired) electrons. The molecule has 3 unspecified atom stereocenters. The lowest BCUT2D eigenvalue weighted by molar-refractivity contribution is -0.144. The minimum absolute atomic E-state index is 0.353. The summed E-state index contributed by atoms with van der Waals surface area (Å²) in [6.45, 7) is 16.9. The predicted octanol–water partition coefficient (Wildman–Crippen LogP) is 5.71. The number of primary amides is 1. The SMILES string of the molecule is Cc1cc(C)cc(C(C(=O)Nc2ccccc2C)N(C(=O)C(CC(N)=O)NC(=O)OC(C)(C)C)C(C)CCC(C)C)c1. The van der Waals surface area contributed by atoms with Crippen molar-refractivity contribution in [2.24, 2.45) is 11.7 Å². The third kappa shape index (κ3) is 10.5. The lowest BCUT2D eigenvalue weighted by Gasteiger charge is -2.39. The van der Waals surface area contributed by atoms with Crippen LogP contribution in [0.15, 0.2) is 42.5 Å².